The summed E-state index contributed by atoms with van der Waals surface area (Å²) in [7, 11) is 0. The van der Waals surface area contributed by atoms with E-state index in [4.69, 9.17) is 4.74 Å². The van der Waals surface area contributed by atoms with Crippen molar-refractivity contribution in [2.24, 2.45) is 0 Å². The highest BCUT2D eigenvalue weighted by Crippen LogP contribution is 2.40. The molecular weight excluding hydrogens is 608 g/mol. The highest BCUT2D eigenvalue weighted by molar-refractivity contribution is 5.95. The maximum absolute atomic E-state index is 15.0. The molecule has 0 bridgehead atoms. The standard InChI is InChI=1S/C33H24F8N2O2/c1-30(2,19-42)45-28-17-22(11-12-27(28)35)31(18-20-7-4-3-5-8-20,24-14-25(33(39,40)41)16-26(34)15-24)43-29(44)21-9-6-10-23(13-21)32(36,37)38/h3-17H,18H2,1-2H3,(H,43,44)/t31-/m1/s1. The third-order valence-electron chi connectivity index (χ3n) is 6.87. The highest BCUT2D eigenvalue weighted by atomic mass is 19.4. The Hall–Kier alpha value is -4.92. The Labute approximate surface area is 252 Å². The van der Waals surface area contributed by atoms with E-state index in [1.807, 2.05) is 6.07 Å². The minimum Gasteiger partial charge on any atom is -0.470 e. The summed E-state index contributed by atoms with van der Waals surface area (Å²) in [5.74, 6) is -3.96. The van der Waals surface area contributed by atoms with Gasteiger partial charge in [-0.25, -0.2) is 8.78 Å². The van der Waals surface area contributed by atoms with Gasteiger partial charge in [-0.2, -0.15) is 31.6 Å². The molecule has 4 nitrogen and oxygen atoms in total. The maximum atomic E-state index is 15.0. The van der Waals surface area contributed by atoms with Crippen LogP contribution in [0.1, 0.15) is 52.0 Å². The topological polar surface area (TPSA) is 62.1 Å². The third kappa shape index (κ3) is 7.60. The zero-order valence-corrected chi connectivity index (χ0v) is 23.7. The van der Waals surface area contributed by atoms with Crippen LogP contribution >= 0.6 is 0 Å². The van der Waals surface area contributed by atoms with Gasteiger partial charge in [0.2, 0.25) is 0 Å². The molecule has 0 radical (unpaired) electrons. The molecule has 4 aromatic rings. The number of halogens is 8. The summed E-state index contributed by atoms with van der Waals surface area (Å²) in [5, 5.41) is 12.0. The zero-order chi connectivity index (χ0) is 33.2. The number of nitriles is 1. The van der Waals surface area contributed by atoms with Crippen molar-refractivity contribution in [3.63, 3.8) is 0 Å². The smallest absolute Gasteiger partial charge is 0.416 e. The average molecular weight is 633 g/mol. The molecule has 1 N–H and O–H groups in total. The van der Waals surface area contributed by atoms with Gasteiger partial charge in [0.25, 0.3) is 5.91 Å². The van der Waals surface area contributed by atoms with Crippen LogP contribution in [0.3, 0.4) is 0 Å². The number of benzene rings is 4. The fourth-order valence-electron chi connectivity index (χ4n) is 4.71. The maximum Gasteiger partial charge on any atom is 0.416 e. The van der Waals surface area contributed by atoms with Gasteiger partial charge in [-0.1, -0.05) is 42.5 Å². The summed E-state index contributed by atoms with van der Waals surface area (Å²) in [5.41, 5.74) is -6.96. The minimum atomic E-state index is -5.03. The summed E-state index contributed by atoms with van der Waals surface area (Å²) in [4.78, 5) is 13.7. The molecule has 0 aliphatic carbocycles. The van der Waals surface area contributed by atoms with Crippen molar-refractivity contribution in [3.8, 4) is 11.8 Å². The SMILES string of the molecule is CC(C)(C#N)Oc1cc([C@@](Cc2ccccc2)(NC(=O)c2cccc(C(F)(F)F)c2)c2cc(F)cc(C(F)(F)F)c2)ccc1F. The van der Waals surface area contributed by atoms with Crippen LogP contribution in [0.25, 0.3) is 0 Å². The number of rotatable bonds is 8. The van der Waals surface area contributed by atoms with Gasteiger partial charge < -0.3 is 10.1 Å². The van der Waals surface area contributed by atoms with E-state index in [1.165, 1.54) is 13.8 Å². The molecule has 234 valence electrons. The van der Waals surface area contributed by atoms with Crippen LogP contribution in [0.2, 0.25) is 0 Å². The van der Waals surface area contributed by atoms with E-state index in [-0.39, 0.29) is 18.1 Å². The summed E-state index contributed by atoms with van der Waals surface area (Å²) in [6.07, 6.45) is -10.2. The minimum absolute atomic E-state index is 0.115. The lowest BCUT2D eigenvalue weighted by atomic mass is 9.77. The molecule has 0 aromatic heterocycles. The molecule has 4 rings (SSSR count). The highest BCUT2D eigenvalue weighted by Gasteiger charge is 2.41. The molecule has 1 amide bonds. The van der Waals surface area contributed by atoms with E-state index in [9.17, 15) is 45.2 Å². The Bertz CT molecular complexity index is 1740. The lowest BCUT2D eigenvalue weighted by molar-refractivity contribution is -0.138. The summed E-state index contributed by atoms with van der Waals surface area (Å²) in [6, 6.07) is 17.8. The molecule has 0 saturated carbocycles. The number of ether oxygens (including phenoxy) is 1. The van der Waals surface area contributed by atoms with E-state index in [2.05, 4.69) is 5.32 Å². The number of nitrogens with one attached hydrogen (secondary N) is 1. The third-order valence-corrected chi connectivity index (χ3v) is 6.87. The van der Waals surface area contributed by atoms with Crippen LogP contribution in [0.15, 0.2) is 91.0 Å². The molecule has 0 fully saturated rings. The first-order valence-corrected chi connectivity index (χ1v) is 13.3. The number of hydrogen-bond donors (Lipinski definition) is 1. The fraction of sp³-hybridized carbons (Fsp3) is 0.212. The molecule has 45 heavy (non-hydrogen) atoms. The first-order valence-electron chi connectivity index (χ1n) is 13.3. The van der Waals surface area contributed by atoms with E-state index in [0.717, 1.165) is 42.5 Å². The lowest BCUT2D eigenvalue weighted by Crippen LogP contribution is -2.49. The molecule has 0 heterocycles. The second-order valence-corrected chi connectivity index (χ2v) is 10.7. The Morgan fingerprint density at radius 3 is 2.02 bits per heavy atom. The molecule has 0 unspecified atom stereocenters. The average Bonchev–Trinajstić information content (AvgIpc) is 2.97. The van der Waals surface area contributed by atoms with Crippen molar-refractivity contribution in [3.05, 3.63) is 136 Å². The fourth-order valence-corrected chi connectivity index (χ4v) is 4.71. The molecule has 4 aromatic carbocycles. The number of carbonyl (C=O) groups is 1. The molecular formula is C33H24F8N2O2. The van der Waals surface area contributed by atoms with Gasteiger partial charge in [0, 0.05) is 12.0 Å². The van der Waals surface area contributed by atoms with Gasteiger partial charge in [-0.15, -0.1) is 0 Å². The van der Waals surface area contributed by atoms with E-state index in [1.54, 1.807) is 30.3 Å². The van der Waals surface area contributed by atoms with Crippen molar-refractivity contribution in [1.29, 1.82) is 5.26 Å². The van der Waals surface area contributed by atoms with Gasteiger partial charge in [-0.05, 0) is 79.1 Å². The van der Waals surface area contributed by atoms with Crippen LogP contribution in [0.5, 0.6) is 5.75 Å². The monoisotopic (exact) mass is 632 g/mol. The quantitative estimate of drug-likeness (QED) is 0.198. The van der Waals surface area contributed by atoms with Crippen molar-refractivity contribution in [2.75, 3.05) is 0 Å². The Morgan fingerprint density at radius 2 is 1.40 bits per heavy atom. The van der Waals surface area contributed by atoms with Gasteiger partial charge in [0.05, 0.1) is 16.7 Å². The van der Waals surface area contributed by atoms with Crippen LogP contribution in [-0.2, 0) is 24.3 Å². The van der Waals surface area contributed by atoms with Crippen molar-refractivity contribution in [2.45, 2.75) is 43.8 Å². The molecule has 12 heteroatoms. The summed E-state index contributed by atoms with van der Waals surface area (Å²) in [6.45, 7) is 2.65. The number of carbonyl (C=O) groups excluding carboxylic acids is 1. The molecule has 0 aliphatic heterocycles. The second kappa shape index (κ2) is 12.2. The number of alkyl halides is 6. The van der Waals surface area contributed by atoms with Crippen LogP contribution in [0.4, 0.5) is 35.1 Å². The predicted molar refractivity (Wildman–Crippen MR) is 148 cm³/mol. The van der Waals surface area contributed by atoms with Crippen molar-refractivity contribution >= 4 is 5.91 Å². The number of hydrogen-bond acceptors (Lipinski definition) is 3. The van der Waals surface area contributed by atoms with Crippen LogP contribution in [-0.4, -0.2) is 11.5 Å². The van der Waals surface area contributed by atoms with Crippen molar-refractivity contribution in [1.82, 2.24) is 5.32 Å². The Morgan fingerprint density at radius 1 is 0.756 bits per heavy atom. The largest absolute Gasteiger partial charge is 0.470 e. The molecule has 0 aliphatic rings. The summed E-state index contributed by atoms with van der Waals surface area (Å²) >= 11 is 0. The number of amides is 1. The van der Waals surface area contributed by atoms with Crippen LogP contribution < -0.4 is 10.1 Å². The Balaban J connectivity index is 2.04. The molecule has 1 atom stereocenters. The normalized spacial score (nSPS) is 13.4. The van der Waals surface area contributed by atoms with Gasteiger partial charge in [0.15, 0.2) is 17.2 Å². The van der Waals surface area contributed by atoms with Gasteiger partial charge >= 0.3 is 12.4 Å². The first-order chi connectivity index (χ1) is 20.9. The predicted octanol–water partition coefficient (Wildman–Crippen LogP) is 8.60. The molecule has 0 spiro atoms. The summed E-state index contributed by atoms with van der Waals surface area (Å²) < 4.78 is 118. The molecule has 0 saturated heterocycles. The first kappa shape index (κ1) is 33.0. The van der Waals surface area contributed by atoms with Crippen molar-refractivity contribution < 1.29 is 44.7 Å². The number of nitrogens with zero attached hydrogens (tertiary/aromatic N) is 1. The second-order valence-electron chi connectivity index (χ2n) is 10.7. The zero-order valence-electron chi connectivity index (χ0n) is 23.7. The van der Waals surface area contributed by atoms with E-state index < -0.39 is 69.0 Å². The van der Waals surface area contributed by atoms with Gasteiger partial charge in [-0.3, -0.25) is 4.79 Å². The lowest BCUT2D eigenvalue weighted by Gasteiger charge is -2.37. The van der Waals surface area contributed by atoms with Gasteiger partial charge in [0.1, 0.15) is 11.9 Å². The van der Waals surface area contributed by atoms with E-state index >= 15 is 0 Å². The Kier molecular flexibility index (Phi) is 8.96. The van der Waals surface area contributed by atoms with E-state index in [0.29, 0.717) is 17.7 Å². The van der Waals surface area contributed by atoms with Crippen LogP contribution in [0, 0.1) is 23.0 Å².